The van der Waals surface area contributed by atoms with Gasteiger partial charge in [-0.3, -0.25) is 0 Å². The van der Waals surface area contributed by atoms with Crippen molar-refractivity contribution in [1.82, 2.24) is 15.0 Å². The van der Waals surface area contributed by atoms with Gasteiger partial charge in [-0.05, 0) is 74.6 Å². The van der Waals surface area contributed by atoms with Gasteiger partial charge in [0, 0.05) is 11.3 Å². The minimum atomic E-state index is 0.724. The van der Waals surface area contributed by atoms with Gasteiger partial charge in [0.1, 0.15) is 5.69 Å². The fourth-order valence-electron chi connectivity index (χ4n) is 2.97. The quantitative estimate of drug-likeness (QED) is 0.726. The molecule has 4 heteroatoms. The lowest BCUT2D eigenvalue weighted by molar-refractivity contribution is 0.799. The molecule has 0 atom stereocenters. The Labute approximate surface area is 137 Å². The summed E-state index contributed by atoms with van der Waals surface area (Å²) in [5.41, 5.74) is 15.8. The van der Waals surface area contributed by atoms with Crippen LogP contribution in [0.4, 0.5) is 5.69 Å². The van der Waals surface area contributed by atoms with Gasteiger partial charge in [-0.25, -0.2) is 4.68 Å². The molecule has 0 saturated heterocycles. The second-order valence-electron chi connectivity index (χ2n) is 6.23. The summed E-state index contributed by atoms with van der Waals surface area (Å²) in [4.78, 5) is 0. The van der Waals surface area contributed by atoms with Gasteiger partial charge in [0.2, 0.25) is 0 Å². The number of aryl methyl sites for hydroxylation is 3. The number of hydrogen-bond acceptors (Lipinski definition) is 3. The fraction of sp³-hybridized carbons (Fsp3) is 0.263. The van der Waals surface area contributed by atoms with Gasteiger partial charge in [-0.15, -0.1) is 5.10 Å². The van der Waals surface area contributed by atoms with Crippen molar-refractivity contribution in [2.24, 2.45) is 0 Å². The molecule has 118 valence electrons. The van der Waals surface area contributed by atoms with E-state index < -0.39 is 0 Å². The molecule has 3 aromatic rings. The number of aromatic nitrogens is 3. The van der Waals surface area contributed by atoms with E-state index in [1.54, 1.807) is 4.68 Å². The number of nitrogens with two attached hydrogens (primary N) is 1. The van der Waals surface area contributed by atoms with Crippen molar-refractivity contribution < 1.29 is 0 Å². The first-order chi connectivity index (χ1) is 10.9. The Morgan fingerprint density at radius 1 is 0.870 bits per heavy atom. The zero-order valence-electron chi connectivity index (χ0n) is 14.3. The highest BCUT2D eigenvalue weighted by Gasteiger charge is 2.14. The lowest BCUT2D eigenvalue weighted by Crippen LogP contribution is -1.99. The highest BCUT2D eigenvalue weighted by Crippen LogP contribution is 2.30. The van der Waals surface area contributed by atoms with Crippen molar-refractivity contribution in [2.75, 3.05) is 5.73 Å². The molecule has 0 unspecified atom stereocenters. The fourth-order valence-corrected chi connectivity index (χ4v) is 2.97. The molecule has 0 fully saturated rings. The molecule has 0 radical (unpaired) electrons. The topological polar surface area (TPSA) is 56.7 Å². The molecule has 3 rings (SSSR count). The Morgan fingerprint density at radius 2 is 1.52 bits per heavy atom. The Bertz CT molecular complexity index is 864. The van der Waals surface area contributed by atoms with Crippen LogP contribution in [0.2, 0.25) is 0 Å². The molecule has 0 aliphatic rings. The van der Waals surface area contributed by atoms with Crippen molar-refractivity contribution in [2.45, 2.75) is 34.6 Å². The van der Waals surface area contributed by atoms with Crippen LogP contribution in [0.1, 0.15) is 27.8 Å². The largest absolute Gasteiger partial charge is 0.399 e. The summed E-state index contributed by atoms with van der Waals surface area (Å²) in [5, 5.41) is 8.73. The van der Waals surface area contributed by atoms with E-state index in [0.717, 1.165) is 22.6 Å². The van der Waals surface area contributed by atoms with Crippen molar-refractivity contribution in [1.29, 1.82) is 0 Å². The lowest BCUT2D eigenvalue weighted by atomic mass is 9.93. The van der Waals surface area contributed by atoms with Gasteiger partial charge in [0.05, 0.1) is 11.9 Å². The summed E-state index contributed by atoms with van der Waals surface area (Å²) in [5.74, 6) is 0. The zero-order chi connectivity index (χ0) is 16.7. The molecule has 0 spiro atoms. The summed E-state index contributed by atoms with van der Waals surface area (Å²) in [6.45, 7) is 10.6. The van der Waals surface area contributed by atoms with Gasteiger partial charge in [-0.1, -0.05) is 17.3 Å². The average molecular weight is 306 g/mol. The number of nitrogen functional groups attached to an aromatic ring is 1. The number of anilines is 1. The van der Waals surface area contributed by atoms with Crippen LogP contribution in [-0.2, 0) is 0 Å². The van der Waals surface area contributed by atoms with Crippen molar-refractivity contribution in [3.63, 3.8) is 0 Å². The van der Waals surface area contributed by atoms with Crippen molar-refractivity contribution in [3.05, 3.63) is 58.3 Å². The predicted octanol–water partition coefficient (Wildman–Crippen LogP) is 4.06. The van der Waals surface area contributed by atoms with Crippen LogP contribution < -0.4 is 5.73 Å². The van der Waals surface area contributed by atoms with Gasteiger partial charge in [0.15, 0.2) is 0 Å². The molecule has 1 aromatic heterocycles. The van der Waals surface area contributed by atoms with Gasteiger partial charge < -0.3 is 5.73 Å². The highest BCUT2D eigenvalue weighted by atomic mass is 15.4. The van der Waals surface area contributed by atoms with Gasteiger partial charge >= 0.3 is 0 Å². The third kappa shape index (κ3) is 2.61. The van der Waals surface area contributed by atoms with Crippen LogP contribution in [0.25, 0.3) is 16.9 Å². The first kappa shape index (κ1) is 15.3. The molecule has 0 bridgehead atoms. The summed E-state index contributed by atoms with van der Waals surface area (Å²) in [7, 11) is 0. The van der Waals surface area contributed by atoms with Gasteiger partial charge in [-0.2, -0.15) is 0 Å². The second kappa shape index (κ2) is 5.54. The minimum absolute atomic E-state index is 0.724. The smallest absolute Gasteiger partial charge is 0.114 e. The maximum absolute atomic E-state index is 5.91. The van der Waals surface area contributed by atoms with Crippen LogP contribution in [0, 0.1) is 34.6 Å². The zero-order valence-corrected chi connectivity index (χ0v) is 14.3. The Kier molecular flexibility index (Phi) is 3.68. The van der Waals surface area contributed by atoms with Gasteiger partial charge in [0.25, 0.3) is 0 Å². The molecule has 4 nitrogen and oxygen atoms in total. The predicted molar refractivity (Wildman–Crippen MR) is 94.9 cm³/mol. The molecule has 0 aliphatic heterocycles. The summed E-state index contributed by atoms with van der Waals surface area (Å²) in [6, 6.07) is 8.05. The average Bonchev–Trinajstić information content (AvgIpc) is 2.97. The molecular formula is C19H22N4. The molecular weight excluding hydrogens is 284 g/mol. The lowest BCUT2D eigenvalue weighted by Gasteiger charge is -2.13. The number of hydrogen-bond donors (Lipinski definition) is 1. The number of rotatable bonds is 2. The molecule has 2 aromatic carbocycles. The van der Waals surface area contributed by atoms with Crippen LogP contribution >= 0.6 is 0 Å². The SMILES string of the molecule is Cc1ccc(N)cc1-n1cc(-c2c(C)c(C)cc(C)c2C)nn1. The normalized spacial score (nSPS) is 11.0. The van der Waals surface area contributed by atoms with Crippen molar-refractivity contribution >= 4 is 5.69 Å². The highest BCUT2D eigenvalue weighted by molar-refractivity contribution is 5.70. The maximum atomic E-state index is 5.91. The second-order valence-corrected chi connectivity index (χ2v) is 6.23. The standard InChI is InChI=1S/C19H22N4/c1-11-6-7-16(20)9-18(11)23-10-17(21-22-23)19-14(4)12(2)8-13(3)15(19)5/h6-10H,20H2,1-5H3. The molecule has 0 aliphatic carbocycles. The maximum Gasteiger partial charge on any atom is 0.114 e. The molecule has 2 N–H and O–H groups in total. The van der Waals surface area contributed by atoms with E-state index in [-0.39, 0.29) is 0 Å². The summed E-state index contributed by atoms with van der Waals surface area (Å²) in [6.07, 6.45) is 1.98. The van der Waals surface area contributed by atoms with E-state index in [4.69, 9.17) is 5.73 Å². The van der Waals surface area contributed by atoms with E-state index in [0.29, 0.717) is 0 Å². The third-order valence-electron chi connectivity index (χ3n) is 4.60. The summed E-state index contributed by atoms with van der Waals surface area (Å²) < 4.78 is 1.80. The number of nitrogens with zero attached hydrogens (tertiary/aromatic N) is 3. The van der Waals surface area contributed by atoms with E-state index in [1.807, 2.05) is 31.3 Å². The van der Waals surface area contributed by atoms with Crippen LogP contribution in [-0.4, -0.2) is 15.0 Å². The van der Waals surface area contributed by atoms with E-state index >= 15 is 0 Å². The van der Waals surface area contributed by atoms with Crippen LogP contribution in [0.5, 0.6) is 0 Å². The Balaban J connectivity index is 2.16. The monoisotopic (exact) mass is 306 g/mol. The van der Waals surface area contributed by atoms with E-state index in [1.165, 1.54) is 27.8 Å². The van der Waals surface area contributed by atoms with E-state index in [9.17, 15) is 0 Å². The molecule has 23 heavy (non-hydrogen) atoms. The van der Waals surface area contributed by atoms with Crippen molar-refractivity contribution in [3.8, 4) is 16.9 Å². The third-order valence-corrected chi connectivity index (χ3v) is 4.60. The molecule has 1 heterocycles. The Morgan fingerprint density at radius 3 is 2.17 bits per heavy atom. The first-order valence-corrected chi connectivity index (χ1v) is 7.75. The summed E-state index contributed by atoms with van der Waals surface area (Å²) >= 11 is 0. The van der Waals surface area contributed by atoms with Crippen LogP contribution in [0.15, 0.2) is 30.5 Å². The minimum Gasteiger partial charge on any atom is -0.399 e. The number of benzene rings is 2. The molecule has 0 amide bonds. The van der Waals surface area contributed by atoms with E-state index in [2.05, 4.69) is 44.1 Å². The Hall–Kier alpha value is -2.62. The van der Waals surface area contributed by atoms with Crippen LogP contribution in [0.3, 0.4) is 0 Å². The first-order valence-electron chi connectivity index (χ1n) is 7.75. The molecule has 0 saturated carbocycles.